The largest absolute Gasteiger partial charge is 0.412 e. The van der Waals surface area contributed by atoms with Crippen LogP contribution < -0.4 is 16.8 Å². The Kier molecular flexibility index (Phi) is 5.51. The minimum absolute atomic E-state index is 0. The molecule has 4 aromatic rings. The van der Waals surface area contributed by atoms with Gasteiger partial charge in [0.1, 0.15) is 5.82 Å². The van der Waals surface area contributed by atoms with Crippen LogP contribution >= 0.6 is 0 Å². The second-order valence-corrected chi connectivity index (χ2v) is 6.37. The van der Waals surface area contributed by atoms with E-state index in [1.54, 1.807) is 24.3 Å². The molecule has 8 nitrogen and oxygen atoms in total. The van der Waals surface area contributed by atoms with Gasteiger partial charge in [0.15, 0.2) is 0 Å². The molecule has 2 heterocycles. The lowest BCUT2D eigenvalue weighted by Crippen LogP contribution is -2.29. The molecule has 2 aromatic heterocycles. The SMILES string of the molecule is O.O=c1cc(Cn2nc(Cc3ccc(F)cc3)c3ccccc3c2=O)[nH]c(=O)[nH]1. The zero-order valence-corrected chi connectivity index (χ0v) is 15.1. The highest BCUT2D eigenvalue weighted by atomic mass is 19.1. The molecule has 0 spiro atoms. The summed E-state index contributed by atoms with van der Waals surface area (Å²) in [5, 5.41) is 5.62. The van der Waals surface area contributed by atoms with Crippen molar-refractivity contribution in [3.63, 3.8) is 0 Å². The predicted molar refractivity (Wildman–Crippen MR) is 106 cm³/mol. The number of nitrogens with zero attached hydrogens (tertiary/aromatic N) is 2. The Hall–Kier alpha value is -3.85. The molecule has 0 saturated carbocycles. The number of H-pyrrole nitrogens is 2. The molecule has 0 amide bonds. The van der Waals surface area contributed by atoms with Gasteiger partial charge in [0.05, 0.1) is 17.6 Å². The first-order chi connectivity index (χ1) is 13.5. The Morgan fingerprint density at radius 1 is 0.931 bits per heavy atom. The van der Waals surface area contributed by atoms with Crippen molar-refractivity contribution in [2.24, 2.45) is 0 Å². The van der Waals surface area contributed by atoms with Crippen LogP contribution in [0.5, 0.6) is 0 Å². The minimum atomic E-state index is -0.650. The van der Waals surface area contributed by atoms with Gasteiger partial charge in [-0.1, -0.05) is 30.3 Å². The van der Waals surface area contributed by atoms with Gasteiger partial charge in [-0.15, -0.1) is 0 Å². The molecular formula is C20H17FN4O4. The zero-order valence-electron chi connectivity index (χ0n) is 15.1. The molecule has 0 saturated heterocycles. The van der Waals surface area contributed by atoms with Crippen LogP contribution in [0.25, 0.3) is 10.8 Å². The number of aromatic amines is 2. The molecular weight excluding hydrogens is 379 g/mol. The molecule has 0 bridgehead atoms. The zero-order chi connectivity index (χ0) is 19.7. The highest BCUT2D eigenvalue weighted by Gasteiger charge is 2.12. The Morgan fingerprint density at radius 2 is 1.62 bits per heavy atom. The number of rotatable bonds is 4. The summed E-state index contributed by atoms with van der Waals surface area (Å²) in [7, 11) is 0. The number of aromatic nitrogens is 4. The van der Waals surface area contributed by atoms with Gasteiger partial charge in [0.2, 0.25) is 0 Å². The van der Waals surface area contributed by atoms with Crippen LogP contribution in [0.2, 0.25) is 0 Å². The molecule has 9 heteroatoms. The van der Waals surface area contributed by atoms with E-state index < -0.39 is 11.2 Å². The number of halogens is 1. The monoisotopic (exact) mass is 396 g/mol. The van der Waals surface area contributed by atoms with E-state index >= 15 is 0 Å². The maximum atomic E-state index is 13.2. The standard InChI is InChI=1S/C20H15FN4O3.H2O/c21-13-7-5-12(6-8-13)9-17-15-3-1-2-4-16(15)19(27)25(24-17)11-14-10-18(26)23-20(28)22-14;/h1-8,10H,9,11H2,(H2,22,23,26,28);1H2. The van der Waals surface area contributed by atoms with Crippen LogP contribution in [0, 0.1) is 5.82 Å². The van der Waals surface area contributed by atoms with Gasteiger partial charge in [-0.25, -0.2) is 13.9 Å². The van der Waals surface area contributed by atoms with Gasteiger partial charge in [-0.3, -0.25) is 14.6 Å². The first-order valence-corrected chi connectivity index (χ1v) is 8.55. The first-order valence-electron chi connectivity index (χ1n) is 8.55. The van der Waals surface area contributed by atoms with E-state index in [0.717, 1.165) is 5.56 Å². The average molecular weight is 396 g/mol. The highest BCUT2D eigenvalue weighted by molar-refractivity contribution is 5.83. The third-order valence-corrected chi connectivity index (χ3v) is 4.37. The van der Waals surface area contributed by atoms with Gasteiger partial charge in [0.25, 0.3) is 11.1 Å². The number of hydrogen-bond donors (Lipinski definition) is 2. The molecule has 0 fully saturated rings. The van der Waals surface area contributed by atoms with E-state index in [9.17, 15) is 18.8 Å². The van der Waals surface area contributed by atoms with Crippen molar-refractivity contribution in [3.05, 3.63) is 109 Å². The molecule has 0 radical (unpaired) electrons. The third-order valence-electron chi connectivity index (χ3n) is 4.37. The molecule has 4 N–H and O–H groups in total. The molecule has 0 aliphatic heterocycles. The Balaban J connectivity index is 0.00000240. The van der Waals surface area contributed by atoms with E-state index in [1.807, 2.05) is 12.1 Å². The quantitative estimate of drug-likeness (QED) is 0.526. The number of fused-ring (bicyclic) bond motifs is 1. The summed E-state index contributed by atoms with van der Waals surface area (Å²) in [6.45, 7) is -0.0563. The second kappa shape index (κ2) is 8.03. The number of hydrogen-bond acceptors (Lipinski definition) is 4. The number of nitrogens with one attached hydrogen (secondary N) is 2. The Morgan fingerprint density at radius 3 is 2.31 bits per heavy atom. The summed E-state index contributed by atoms with van der Waals surface area (Å²) in [6, 6.07) is 14.4. The van der Waals surface area contributed by atoms with Crippen LogP contribution in [-0.2, 0) is 13.0 Å². The summed E-state index contributed by atoms with van der Waals surface area (Å²) in [5.41, 5.74) is 0.204. The lowest BCUT2D eigenvalue weighted by molar-refractivity contribution is 0.617. The van der Waals surface area contributed by atoms with Crippen molar-refractivity contribution in [1.82, 2.24) is 19.7 Å². The summed E-state index contributed by atoms with van der Waals surface area (Å²) in [6.07, 6.45) is 0.396. The molecule has 0 aliphatic carbocycles. The van der Waals surface area contributed by atoms with E-state index in [2.05, 4.69) is 15.1 Å². The molecule has 0 unspecified atom stereocenters. The maximum absolute atomic E-state index is 13.2. The normalized spacial score (nSPS) is 10.7. The van der Waals surface area contributed by atoms with Crippen molar-refractivity contribution in [2.45, 2.75) is 13.0 Å². The molecule has 2 aromatic carbocycles. The second-order valence-electron chi connectivity index (χ2n) is 6.37. The lowest BCUT2D eigenvalue weighted by Gasteiger charge is -2.11. The molecule has 0 aliphatic rings. The van der Waals surface area contributed by atoms with Crippen molar-refractivity contribution >= 4 is 10.8 Å². The van der Waals surface area contributed by atoms with E-state index in [1.165, 1.54) is 22.9 Å². The Labute approximate surface area is 162 Å². The van der Waals surface area contributed by atoms with Crippen molar-refractivity contribution in [3.8, 4) is 0 Å². The lowest BCUT2D eigenvalue weighted by atomic mass is 10.0. The van der Waals surface area contributed by atoms with Crippen molar-refractivity contribution < 1.29 is 9.87 Å². The molecule has 148 valence electrons. The van der Waals surface area contributed by atoms with Crippen LogP contribution in [-0.4, -0.2) is 25.2 Å². The van der Waals surface area contributed by atoms with Crippen LogP contribution in [0.4, 0.5) is 4.39 Å². The predicted octanol–water partition coefficient (Wildman–Crippen LogP) is 0.727. The first kappa shape index (κ1) is 19.9. The van der Waals surface area contributed by atoms with Gasteiger partial charge in [-0.05, 0) is 23.8 Å². The van der Waals surface area contributed by atoms with Gasteiger partial charge >= 0.3 is 5.69 Å². The van der Waals surface area contributed by atoms with Crippen molar-refractivity contribution in [2.75, 3.05) is 0 Å². The fourth-order valence-corrected chi connectivity index (χ4v) is 3.10. The smallest absolute Gasteiger partial charge is 0.325 e. The van der Waals surface area contributed by atoms with E-state index in [0.29, 0.717) is 22.9 Å². The van der Waals surface area contributed by atoms with Gasteiger partial charge in [0, 0.05) is 23.6 Å². The fourth-order valence-electron chi connectivity index (χ4n) is 3.10. The summed E-state index contributed by atoms with van der Waals surface area (Å²) < 4.78 is 14.4. The molecule has 29 heavy (non-hydrogen) atoms. The Bertz CT molecular complexity index is 1310. The number of benzene rings is 2. The fraction of sp³-hybridized carbons (Fsp3) is 0.100. The van der Waals surface area contributed by atoms with E-state index in [4.69, 9.17) is 0 Å². The highest BCUT2D eigenvalue weighted by Crippen LogP contribution is 2.17. The summed E-state index contributed by atoms with van der Waals surface area (Å²) in [5.74, 6) is -0.329. The average Bonchev–Trinajstić information content (AvgIpc) is 2.66. The van der Waals surface area contributed by atoms with Crippen molar-refractivity contribution in [1.29, 1.82) is 0 Å². The van der Waals surface area contributed by atoms with E-state index in [-0.39, 0.29) is 29.1 Å². The van der Waals surface area contributed by atoms with Gasteiger partial charge < -0.3 is 10.5 Å². The molecule has 0 atom stereocenters. The summed E-state index contributed by atoms with van der Waals surface area (Å²) >= 11 is 0. The maximum Gasteiger partial charge on any atom is 0.325 e. The van der Waals surface area contributed by atoms with Crippen LogP contribution in [0.3, 0.4) is 0 Å². The topological polar surface area (TPSA) is 132 Å². The van der Waals surface area contributed by atoms with Gasteiger partial charge in [-0.2, -0.15) is 5.10 Å². The van der Waals surface area contributed by atoms with Crippen LogP contribution in [0.1, 0.15) is 17.0 Å². The molecule has 4 rings (SSSR count). The summed E-state index contributed by atoms with van der Waals surface area (Å²) in [4.78, 5) is 40.4. The minimum Gasteiger partial charge on any atom is -0.412 e. The van der Waals surface area contributed by atoms with Crippen LogP contribution in [0.15, 0.2) is 69.0 Å². The third kappa shape index (κ3) is 4.19.